The maximum atomic E-state index is 10.6. The fourth-order valence-electron chi connectivity index (χ4n) is 3.31. The fourth-order valence-corrected chi connectivity index (χ4v) is 3.31. The van der Waals surface area contributed by atoms with Gasteiger partial charge in [0.1, 0.15) is 5.75 Å². The summed E-state index contributed by atoms with van der Waals surface area (Å²) in [5.41, 5.74) is 4.74. The van der Waals surface area contributed by atoms with E-state index in [-0.39, 0.29) is 24.4 Å². The van der Waals surface area contributed by atoms with Crippen LogP contribution in [0.2, 0.25) is 0 Å². The lowest BCUT2D eigenvalue weighted by molar-refractivity contribution is 0.151. The number of hydrogen-bond donors (Lipinski definition) is 3. The first-order chi connectivity index (χ1) is 9.47. The maximum absolute atomic E-state index is 10.6. The van der Waals surface area contributed by atoms with Gasteiger partial charge in [-0.05, 0) is 53.9 Å². The number of hydrogen-bond acceptors (Lipinski definition) is 4. The molecule has 0 saturated heterocycles. The summed E-state index contributed by atoms with van der Waals surface area (Å²) >= 11 is 0. The second-order valence-corrected chi connectivity index (χ2v) is 6.12. The number of rotatable bonds is 5. The number of aromatic hydroxyl groups is 1. The molecule has 0 radical (unpaired) electrons. The normalized spacial score (nSPS) is 21.2. The largest absolute Gasteiger partial charge is 0.507 e. The zero-order valence-corrected chi connectivity index (χ0v) is 12.5. The highest BCUT2D eigenvalue weighted by Crippen LogP contribution is 2.45. The van der Waals surface area contributed by atoms with Gasteiger partial charge in [0.05, 0.1) is 6.61 Å². The number of aliphatic hydroxyl groups is 2. The first kappa shape index (κ1) is 15.3. The Kier molecular flexibility index (Phi) is 4.37. The SMILES string of the molecule is COCc1c(O)c2c(c(C)c1CCO)CC(C)(CO)C2. The predicted molar refractivity (Wildman–Crippen MR) is 76.9 cm³/mol. The number of methoxy groups -OCH3 is 1. The molecule has 0 saturated carbocycles. The van der Waals surface area contributed by atoms with Crippen LogP contribution in [0.25, 0.3) is 0 Å². The maximum Gasteiger partial charge on any atom is 0.124 e. The summed E-state index contributed by atoms with van der Waals surface area (Å²) in [6.07, 6.45) is 1.97. The summed E-state index contributed by atoms with van der Waals surface area (Å²) in [6, 6.07) is 0. The van der Waals surface area contributed by atoms with E-state index in [4.69, 9.17) is 4.74 Å². The highest BCUT2D eigenvalue weighted by Gasteiger charge is 2.37. The summed E-state index contributed by atoms with van der Waals surface area (Å²) < 4.78 is 5.20. The van der Waals surface area contributed by atoms with Crippen molar-refractivity contribution in [2.45, 2.75) is 39.7 Å². The van der Waals surface area contributed by atoms with Crippen LogP contribution in [0.4, 0.5) is 0 Å². The first-order valence-corrected chi connectivity index (χ1v) is 7.03. The third-order valence-electron chi connectivity index (χ3n) is 4.44. The van der Waals surface area contributed by atoms with Gasteiger partial charge < -0.3 is 20.1 Å². The van der Waals surface area contributed by atoms with E-state index < -0.39 is 0 Å². The molecule has 0 fully saturated rings. The van der Waals surface area contributed by atoms with E-state index in [2.05, 4.69) is 0 Å². The second kappa shape index (κ2) is 5.72. The molecule has 0 spiro atoms. The Morgan fingerprint density at radius 2 is 1.80 bits per heavy atom. The second-order valence-electron chi connectivity index (χ2n) is 6.12. The van der Waals surface area contributed by atoms with Crippen LogP contribution < -0.4 is 0 Å². The zero-order chi connectivity index (χ0) is 14.9. The molecule has 4 heteroatoms. The summed E-state index contributed by atoms with van der Waals surface area (Å²) in [4.78, 5) is 0. The molecule has 0 heterocycles. The number of aliphatic hydroxyl groups excluding tert-OH is 2. The number of phenols is 1. The molecular weight excluding hydrogens is 256 g/mol. The molecule has 1 aliphatic carbocycles. The molecule has 1 unspecified atom stereocenters. The van der Waals surface area contributed by atoms with Crippen molar-refractivity contribution in [3.63, 3.8) is 0 Å². The molecule has 112 valence electrons. The van der Waals surface area contributed by atoms with E-state index in [0.717, 1.165) is 34.2 Å². The zero-order valence-electron chi connectivity index (χ0n) is 12.5. The number of benzene rings is 1. The van der Waals surface area contributed by atoms with Crippen LogP contribution in [0.5, 0.6) is 5.75 Å². The molecule has 4 nitrogen and oxygen atoms in total. The van der Waals surface area contributed by atoms with Gasteiger partial charge in [0.2, 0.25) is 0 Å². The Balaban J connectivity index is 2.58. The monoisotopic (exact) mass is 280 g/mol. The Hall–Kier alpha value is -1.10. The van der Waals surface area contributed by atoms with Crippen LogP contribution in [0, 0.1) is 12.3 Å². The predicted octanol–water partition coefficient (Wildman–Crippen LogP) is 1.48. The van der Waals surface area contributed by atoms with Gasteiger partial charge in [0, 0.05) is 25.9 Å². The van der Waals surface area contributed by atoms with Crippen LogP contribution in [-0.2, 0) is 30.6 Å². The first-order valence-electron chi connectivity index (χ1n) is 7.03. The van der Waals surface area contributed by atoms with Gasteiger partial charge in [-0.1, -0.05) is 6.92 Å². The van der Waals surface area contributed by atoms with Gasteiger partial charge in [0.25, 0.3) is 0 Å². The van der Waals surface area contributed by atoms with Gasteiger partial charge in [-0.3, -0.25) is 0 Å². The summed E-state index contributed by atoms with van der Waals surface area (Å²) in [5, 5.41) is 29.4. The molecule has 2 rings (SSSR count). The van der Waals surface area contributed by atoms with Crippen LogP contribution >= 0.6 is 0 Å². The van der Waals surface area contributed by atoms with E-state index >= 15 is 0 Å². The van der Waals surface area contributed by atoms with Crippen molar-refractivity contribution in [3.05, 3.63) is 27.8 Å². The van der Waals surface area contributed by atoms with E-state index in [0.29, 0.717) is 19.4 Å². The van der Waals surface area contributed by atoms with E-state index in [1.807, 2.05) is 13.8 Å². The summed E-state index contributed by atoms with van der Waals surface area (Å²) in [5.74, 6) is 0.285. The van der Waals surface area contributed by atoms with Crippen molar-refractivity contribution in [3.8, 4) is 5.75 Å². The molecule has 1 aromatic carbocycles. The summed E-state index contributed by atoms with van der Waals surface area (Å²) in [7, 11) is 1.60. The highest BCUT2D eigenvalue weighted by molar-refractivity contribution is 5.57. The fraction of sp³-hybridized carbons (Fsp3) is 0.625. The van der Waals surface area contributed by atoms with Gasteiger partial charge in [-0.25, -0.2) is 0 Å². The Morgan fingerprint density at radius 1 is 1.15 bits per heavy atom. The molecular formula is C16H24O4. The Bertz CT molecular complexity index is 467. The molecule has 20 heavy (non-hydrogen) atoms. The third kappa shape index (κ3) is 2.43. The van der Waals surface area contributed by atoms with E-state index in [1.54, 1.807) is 7.11 Å². The van der Waals surface area contributed by atoms with Crippen molar-refractivity contribution < 1.29 is 20.1 Å². The third-order valence-corrected chi connectivity index (χ3v) is 4.44. The van der Waals surface area contributed by atoms with Gasteiger partial charge in [-0.2, -0.15) is 0 Å². The standard InChI is InChI=1S/C16H24O4/c1-10-11(4-5-17)14(8-20-3)15(19)13-7-16(2,9-18)6-12(10)13/h17-19H,4-9H2,1-3H3. The minimum atomic E-state index is -0.202. The quantitative estimate of drug-likeness (QED) is 0.764. The average molecular weight is 280 g/mol. The lowest BCUT2D eigenvalue weighted by Crippen LogP contribution is -2.21. The van der Waals surface area contributed by atoms with Crippen LogP contribution in [0.15, 0.2) is 0 Å². The number of ether oxygens (including phenoxy) is 1. The molecule has 1 aromatic rings. The lowest BCUT2D eigenvalue weighted by Gasteiger charge is -2.19. The number of fused-ring (bicyclic) bond motifs is 1. The topological polar surface area (TPSA) is 69.9 Å². The van der Waals surface area contributed by atoms with Gasteiger partial charge >= 0.3 is 0 Å². The minimum Gasteiger partial charge on any atom is -0.507 e. The van der Waals surface area contributed by atoms with Gasteiger partial charge in [-0.15, -0.1) is 0 Å². The lowest BCUT2D eigenvalue weighted by atomic mass is 9.88. The molecule has 1 aliphatic rings. The molecule has 0 aromatic heterocycles. The van der Waals surface area contributed by atoms with Crippen LogP contribution in [0.3, 0.4) is 0 Å². The van der Waals surface area contributed by atoms with Crippen LogP contribution in [0.1, 0.15) is 34.7 Å². The molecule has 0 aliphatic heterocycles. The van der Waals surface area contributed by atoms with Crippen molar-refractivity contribution >= 4 is 0 Å². The van der Waals surface area contributed by atoms with Crippen molar-refractivity contribution in [1.29, 1.82) is 0 Å². The Morgan fingerprint density at radius 3 is 2.35 bits per heavy atom. The van der Waals surface area contributed by atoms with E-state index in [9.17, 15) is 15.3 Å². The highest BCUT2D eigenvalue weighted by atomic mass is 16.5. The van der Waals surface area contributed by atoms with Crippen molar-refractivity contribution in [1.82, 2.24) is 0 Å². The molecule has 3 N–H and O–H groups in total. The minimum absolute atomic E-state index is 0.0487. The average Bonchev–Trinajstić information content (AvgIpc) is 2.79. The van der Waals surface area contributed by atoms with Gasteiger partial charge in [0.15, 0.2) is 0 Å². The van der Waals surface area contributed by atoms with Crippen molar-refractivity contribution in [2.75, 3.05) is 20.3 Å². The van der Waals surface area contributed by atoms with Crippen molar-refractivity contribution in [2.24, 2.45) is 5.41 Å². The van der Waals surface area contributed by atoms with Crippen LogP contribution in [-0.4, -0.2) is 35.6 Å². The number of phenolic OH excluding ortho intramolecular Hbond substituents is 1. The molecule has 1 atom stereocenters. The summed E-state index contributed by atoms with van der Waals surface area (Å²) in [6.45, 7) is 4.56. The molecule has 0 bridgehead atoms. The Labute approximate surface area is 120 Å². The van der Waals surface area contributed by atoms with E-state index in [1.165, 1.54) is 0 Å². The molecule has 0 amide bonds. The smallest absolute Gasteiger partial charge is 0.124 e.